The number of piperidine rings is 1. The fraction of sp³-hybridized carbons (Fsp3) is 0.688. The highest BCUT2D eigenvalue weighted by Gasteiger charge is 2.20. The normalized spacial score (nSPS) is 18.5. The second-order valence-corrected chi connectivity index (χ2v) is 5.66. The highest BCUT2D eigenvalue weighted by molar-refractivity contribution is 5.38. The Hall–Kier alpha value is -1.09. The van der Waals surface area contributed by atoms with Crippen molar-refractivity contribution in [3.8, 4) is 0 Å². The zero-order valence-corrected chi connectivity index (χ0v) is 12.3. The van der Waals surface area contributed by atoms with Gasteiger partial charge < -0.3 is 10.2 Å². The van der Waals surface area contributed by atoms with Crippen molar-refractivity contribution in [1.29, 1.82) is 0 Å². The minimum Gasteiger partial charge on any atom is -0.357 e. The number of unbranched alkanes of at least 4 members (excludes halogenated alkanes) is 1. The van der Waals surface area contributed by atoms with Crippen LogP contribution in [0.4, 0.5) is 5.82 Å². The van der Waals surface area contributed by atoms with E-state index in [4.69, 9.17) is 0 Å². The van der Waals surface area contributed by atoms with Crippen LogP contribution in [0.5, 0.6) is 0 Å². The van der Waals surface area contributed by atoms with Crippen LogP contribution in [-0.4, -0.2) is 30.2 Å². The van der Waals surface area contributed by atoms with E-state index in [0.717, 1.165) is 18.9 Å². The van der Waals surface area contributed by atoms with Gasteiger partial charge >= 0.3 is 0 Å². The third-order valence-electron chi connectivity index (χ3n) is 3.98. The minimum absolute atomic E-state index is 0.659. The Morgan fingerprint density at radius 2 is 2.16 bits per heavy atom. The smallest absolute Gasteiger partial charge is 0.128 e. The molecule has 0 aromatic carbocycles. The molecule has 1 unspecified atom stereocenters. The lowest BCUT2D eigenvalue weighted by Gasteiger charge is -2.34. The fourth-order valence-electron chi connectivity index (χ4n) is 2.81. The molecule has 19 heavy (non-hydrogen) atoms. The monoisotopic (exact) mass is 261 g/mol. The van der Waals surface area contributed by atoms with Gasteiger partial charge in [-0.15, -0.1) is 0 Å². The standard InChI is InChI=1S/C16H27N3/c1-3-4-7-14(2)18-15-9-12-19(13-10-15)16-8-5-6-11-17-16/h5-6,8,11,14-15,18H,3-4,7,9-10,12-13H2,1-2H3. The first-order valence-electron chi connectivity index (χ1n) is 7.71. The summed E-state index contributed by atoms with van der Waals surface area (Å²) in [7, 11) is 0. The van der Waals surface area contributed by atoms with Crippen LogP contribution < -0.4 is 10.2 Å². The van der Waals surface area contributed by atoms with Gasteiger partial charge in [0.05, 0.1) is 0 Å². The van der Waals surface area contributed by atoms with E-state index in [1.165, 1.54) is 32.1 Å². The molecule has 1 aromatic rings. The molecule has 0 aliphatic carbocycles. The van der Waals surface area contributed by atoms with E-state index >= 15 is 0 Å². The van der Waals surface area contributed by atoms with Gasteiger partial charge in [0.1, 0.15) is 5.82 Å². The molecule has 3 nitrogen and oxygen atoms in total. The van der Waals surface area contributed by atoms with E-state index in [0.29, 0.717) is 12.1 Å². The van der Waals surface area contributed by atoms with Crippen molar-refractivity contribution in [1.82, 2.24) is 10.3 Å². The molecule has 1 atom stereocenters. The van der Waals surface area contributed by atoms with Gasteiger partial charge in [-0.25, -0.2) is 4.98 Å². The lowest BCUT2D eigenvalue weighted by molar-refractivity contribution is 0.361. The molecule has 1 aromatic heterocycles. The van der Waals surface area contributed by atoms with E-state index in [1.807, 2.05) is 12.3 Å². The van der Waals surface area contributed by atoms with Crippen LogP contribution in [0.25, 0.3) is 0 Å². The zero-order valence-electron chi connectivity index (χ0n) is 12.3. The Morgan fingerprint density at radius 1 is 1.37 bits per heavy atom. The number of aromatic nitrogens is 1. The molecule has 1 saturated heterocycles. The van der Waals surface area contributed by atoms with Crippen molar-refractivity contribution in [2.45, 2.75) is 58.0 Å². The largest absolute Gasteiger partial charge is 0.357 e. The van der Waals surface area contributed by atoms with Gasteiger partial charge in [-0.3, -0.25) is 0 Å². The number of pyridine rings is 1. The summed E-state index contributed by atoms with van der Waals surface area (Å²) in [6, 6.07) is 7.50. The van der Waals surface area contributed by atoms with Crippen molar-refractivity contribution >= 4 is 5.82 Å². The number of nitrogens with one attached hydrogen (secondary N) is 1. The van der Waals surface area contributed by atoms with Crippen molar-refractivity contribution in [3.05, 3.63) is 24.4 Å². The molecule has 0 bridgehead atoms. The van der Waals surface area contributed by atoms with Crippen LogP contribution in [0.1, 0.15) is 46.0 Å². The summed E-state index contributed by atoms with van der Waals surface area (Å²) < 4.78 is 0. The summed E-state index contributed by atoms with van der Waals surface area (Å²) >= 11 is 0. The maximum atomic E-state index is 4.43. The van der Waals surface area contributed by atoms with Crippen LogP contribution in [0, 0.1) is 0 Å². The molecule has 3 heteroatoms. The minimum atomic E-state index is 0.659. The topological polar surface area (TPSA) is 28.2 Å². The molecule has 0 spiro atoms. The van der Waals surface area contributed by atoms with Crippen molar-refractivity contribution in [2.24, 2.45) is 0 Å². The Morgan fingerprint density at radius 3 is 2.79 bits per heavy atom. The zero-order chi connectivity index (χ0) is 13.5. The number of rotatable bonds is 6. The molecule has 0 radical (unpaired) electrons. The van der Waals surface area contributed by atoms with E-state index in [2.05, 4.69) is 41.2 Å². The molecule has 106 valence electrons. The number of hydrogen-bond acceptors (Lipinski definition) is 3. The summed E-state index contributed by atoms with van der Waals surface area (Å²) in [5.74, 6) is 1.12. The summed E-state index contributed by atoms with van der Waals surface area (Å²) in [5, 5.41) is 3.78. The lowest BCUT2D eigenvalue weighted by Crippen LogP contribution is -2.45. The maximum absolute atomic E-state index is 4.43. The van der Waals surface area contributed by atoms with E-state index in [-0.39, 0.29) is 0 Å². The fourth-order valence-corrected chi connectivity index (χ4v) is 2.81. The lowest BCUT2D eigenvalue weighted by atomic mass is 10.0. The first-order valence-corrected chi connectivity index (χ1v) is 7.71. The van der Waals surface area contributed by atoms with Gasteiger partial charge in [0.2, 0.25) is 0 Å². The number of anilines is 1. The average molecular weight is 261 g/mol. The third-order valence-corrected chi connectivity index (χ3v) is 3.98. The quantitative estimate of drug-likeness (QED) is 0.852. The van der Waals surface area contributed by atoms with Crippen LogP contribution in [0.3, 0.4) is 0 Å². The van der Waals surface area contributed by atoms with Crippen LogP contribution >= 0.6 is 0 Å². The Labute approximate surface area is 117 Å². The SMILES string of the molecule is CCCCC(C)NC1CCN(c2ccccn2)CC1. The highest BCUT2D eigenvalue weighted by Crippen LogP contribution is 2.17. The predicted molar refractivity (Wildman–Crippen MR) is 81.6 cm³/mol. The molecule has 1 fully saturated rings. The van der Waals surface area contributed by atoms with Gasteiger partial charge in [0, 0.05) is 31.4 Å². The van der Waals surface area contributed by atoms with Gasteiger partial charge in [0.25, 0.3) is 0 Å². The summed E-state index contributed by atoms with van der Waals surface area (Å²) in [5.41, 5.74) is 0. The van der Waals surface area contributed by atoms with E-state index in [9.17, 15) is 0 Å². The van der Waals surface area contributed by atoms with Gasteiger partial charge in [-0.05, 0) is 38.3 Å². The molecule has 0 amide bonds. The van der Waals surface area contributed by atoms with E-state index in [1.54, 1.807) is 0 Å². The first kappa shape index (κ1) is 14.3. The average Bonchev–Trinajstić information content (AvgIpc) is 2.47. The highest BCUT2D eigenvalue weighted by atomic mass is 15.2. The summed E-state index contributed by atoms with van der Waals surface area (Å²) in [4.78, 5) is 6.83. The molecular formula is C16H27N3. The summed E-state index contributed by atoms with van der Waals surface area (Å²) in [6.07, 6.45) is 8.27. The van der Waals surface area contributed by atoms with Crippen molar-refractivity contribution in [2.75, 3.05) is 18.0 Å². The van der Waals surface area contributed by atoms with Crippen molar-refractivity contribution < 1.29 is 0 Å². The Kier molecular flexibility index (Phi) is 5.64. The molecule has 1 aliphatic rings. The van der Waals surface area contributed by atoms with Gasteiger partial charge in [0.15, 0.2) is 0 Å². The maximum Gasteiger partial charge on any atom is 0.128 e. The Bertz CT molecular complexity index is 344. The molecular weight excluding hydrogens is 234 g/mol. The molecule has 2 heterocycles. The van der Waals surface area contributed by atoms with E-state index < -0.39 is 0 Å². The second kappa shape index (κ2) is 7.49. The van der Waals surface area contributed by atoms with Crippen LogP contribution in [0.15, 0.2) is 24.4 Å². The molecule has 2 rings (SSSR count). The predicted octanol–water partition coefficient (Wildman–Crippen LogP) is 3.22. The number of nitrogens with zero attached hydrogens (tertiary/aromatic N) is 2. The summed E-state index contributed by atoms with van der Waals surface area (Å²) in [6.45, 7) is 6.82. The second-order valence-electron chi connectivity index (χ2n) is 5.66. The third kappa shape index (κ3) is 4.50. The first-order chi connectivity index (χ1) is 9.29. The molecule has 1 aliphatic heterocycles. The molecule has 0 saturated carbocycles. The van der Waals surface area contributed by atoms with Gasteiger partial charge in [-0.2, -0.15) is 0 Å². The molecule has 1 N–H and O–H groups in total. The van der Waals surface area contributed by atoms with Crippen LogP contribution in [0.2, 0.25) is 0 Å². The van der Waals surface area contributed by atoms with Crippen molar-refractivity contribution in [3.63, 3.8) is 0 Å². The number of hydrogen-bond donors (Lipinski definition) is 1. The van der Waals surface area contributed by atoms with Crippen LogP contribution in [-0.2, 0) is 0 Å². The Balaban J connectivity index is 1.73. The van der Waals surface area contributed by atoms with Gasteiger partial charge in [-0.1, -0.05) is 25.8 Å².